The Hall–Kier alpha value is -1.88. The molecule has 0 aliphatic carbocycles. The normalized spacial score (nSPS) is 18.9. The molecule has 1 heterocycles. The second-order valence-electron chi connectivity index (χ2n) is 5.66. The van der Waals surface area contributed by atoms with Gasteiger partial charge in [-0.3, -0.25) is 14.5 Å². The van der Waals surface area contributed by atoms with Crippen LogP contribution in [-0.2, 0) is 9.59 Å². The molecule has 1 fully saturated rings. The van der Waals surface area contributed by atoms with E-state index in [1.54, 1.807) is 9.80 Å². The monoisotopic (exact) mass is 290 g/mol. The Kier molecular flexibility index (Phi) is 4.96. The second-order valence-corrected chi connectivity index (χ2v) is 5.66. The van der Waals surface area contributed by atoms with Gasteiger partial charge in [-0.1, -0.05) is 18.2 Å². The van der Waals surface area contributed by atoms with E-state index in [0.29, 0.717) is 13.0 Å². The molecule has 5 nitrogen and oxygen atoms in total. The van der Waals surface area contributed by atoms with Gasteiger partial charge in [0.2, 0.25) is 5.91 Å². The largest absolute Gasteiger partial charge is 0.480 e. The highest BCUT2D eigenvalue weighted by atomic mass is 16.4. The van der Waals surface area contributed by atoms with Crippen LogP contribution in [0.3, 0.4) is 0 Å². The van der Waals surface area contributed by atoms with Crippen molar-refractivity contribution in [3.63, 3.8) is 0 Å². The molecule has 5 heteroatoms. The fraction of sp³-hybridized carbons (Fsp3) is 0.500. The molecule has 1 atom stereocenters. The first kappa shape index (κ1) is 15.5. The summed E-state index contributed by atoms with van der Waals surface area (Å²) in [6.45, 7) is 4.75. The molecule has 0 bridgehead atoms. The average Bonchev–Trinajstić information content (AvgIpc) is 2.88. The number of carbonyl (C=O) groups excluding carboxylic acids is 1. The number of carboxylic acid groups (broad SMARTS) is 1. The minimum Gasteiger partial charge on any atom is -0.480 e. The summed E-state index contributed by atoms with van der Waals surface area (Å²) in [5.41, 5.74) is 0.851. The first-order chi connectivity index (χ1) is 10.0. The van der Waals surface area contributed by atoms with E-state index in [-0.39, 0.29) is 18.5 Å². The van der Waals surface area contributed by atoms with Crippen LogP contribution < -0.4 is 4.90 Å². The van der Waals surface area contributed by atoms with Gasteiger partial charge < -0.3 is 10.0 Å². The molecule has 1 saturated heterocycles. The molecule has 0 aromatic heterocycles. The van der Waals surface area contributed by atoms with E-state index >= 15 is 0 Å². The molecule has 1 aliphatic rings. The lowest BCUT2D eigenvalue weighted by molar-refractivity contribution is -0.142. The summed E-state index contributed by atoms with van der Waals surface area (Å²) in [6, 6.07) is 9.01. The average molecular weight is 290 g/mol. The molecule has 114 valence electrons. The number of benzene rings is 1. The van der Waals surface area contributed by atoms with Crippen LogP contribution in [0.2, 0.25) is 0 Å². The summed E-state index contributed by atoms with van der Waals surface area (Å²) in [7, 11) is 0. The second kappa shape index (κ2) is 6.72. The molecule has 1 N–H and O–H groups in total. The Morgan fingerprint density at radius 2 is 2.00 bits per heavy atom. The van der Waals surface area contributed by atoms with Crippen molar-refractivity contribution in [3.05, 3.63) is 30.3 Å². The van der Waals surface area contributed by atoms with E-state index in [1.165, 1.54) is 0 Å². The van der Waals surface area contributed by atoms with E-state index in [2.05, 4.69) is 0 Å². The Morgan fingerprint density at radius 3 is 2.57 bits per heavy atom. The van der Waals surface area contributed by atoms with Crippen LogP contribution in [0.1, 0.15) is 26.7 Å². The minimum absolute atomic E-state index is 0.0331. The molecule has 1 unspecified atom stereocenters. The molecule has 21 heavy (non-hydrogen) atoms. The molecule has 0 spiro atoms. The zero-order chi connectivity index (χ0) is 15.4. The highest BCUT2D eigenvalue weighted by Crippen LogP contribution is 2.20. The Labute approximate surface area is 125 Å². The van der Waals surface area contributed by atoms with Crippen molar-refractivity contribution in [1.82, 2.24) is 4.90 Å². The molecule has 1 aromatic carbocycles. The number of nitrogens with zero attached hydrogens (tertiary/aromatic N) is 2. The summed E-state index contributed by atoms with van der Waals surface area (Å²) in [6.07, 6.45) is 1.45. The zero-order valence-corrected chi connectivity index (χ0v) is 12.5. The van der Waals surface area contributed by atoms with E-state index in [1.807, 2.05) is 44.2 Å². The molecule has 1 aromatic rings. The molecule has 1 amide bonds. The van der Waals surface area contributed by atoms with Gasteiger partial charge in [0.15, 0.2) is 0 Å². The van der Waals surface area contributed by atoms with Crippen LogP contribution in [0.5, 0.6) is 0 Å². The number of aliphatic carboxylic acids is 1. The van der Waals surface area contributed by atoms with Crippen LogP contribution in [0.4, 0.5) is 5.69 Å². The van der Waals surface area contributed by atoms with Crippen molar-refractivity contribution in [1.29, 1.82) is 0 Å². The number of amides is 1. The lowest BCUT2D eigenvalue weighted by Gasteiger charge is -2.30. The predicted molar refractivity (Wildman–Crippen MR) is 81.3 cm³/mol. The minimum atomic E-state index is -0.837. The summed E-state index contributed by atoms with van der Waals surface area (Å²) >= 11 is 0. The number of rotatable bonds is 5. The Morgan fingerprint density at radius 1 is 1.33 bits per heavy atom. The van der Waals surface area contributed by atoms with E-state index in [0.717, 1.165) is 12.1 Å². The molecular weight excluding hydrogens is 268 g/mol. The van der Waals surface area contributed by atoms with E-state index < -0.39 is 12.0 Å². The number of hydrogen-bond acceptors (Lipinski definition) is 3. The number of hydrogen-bond donors (Lipinski definition) is 1. The lowest BCUT2D eigenvalue weighted by atomic mass is 10.2. The van der Waals surface area contributed by atoms with Crippen molar-refractivity contribution >= 4 is 17.6 Å². The topological polar surface area (TPSA) is 60.9 Å². The molecule has 2 rings (SSSR count). The maximum atomic E-state index is 12.6. The molecule has 0 radical (unpaired) electrons. The maximum absolute atomic E-state index is 12.6. The van der Waals surface area contributed by atoms with Gasteiger partial charge >= 0.3 is 5.97 Å². The third-order valence-electron chi connectivity index (χ3n) is 3.81. The molecule has 1 aliphatic heterocycles. The summed E-state index contributed by atoms with van der Waals surface area (Å²) in [5, 5.41) is 9.19. The van der Waals surface area contributed by atoms with Crippen LogP contribution in [0, 0.1) is 0 Å². The van der Waals surface area contributed by atoms with Crippen LogP contribution in [0.25, 0.3) is 0 Å². The highest BCUT2D eigenvalue weighted by Gasteiger charge is 2.33. The van der Waals surface area contributed by atoms with Crippen LogP contribution >= 0.6 is 0 Å². The Bertz CT molecular complexity index is 502. The Balaban J connectivity index is 2.11. The number of carbonyl (C=O) groups is 2. The van der Waals surface area contributed by atoms with Crippen molar-refractivity contribution in [3.8, 4) is 0 Å². The van der Waals surface area contributed by atoms with E-state index in [9.17, 15) is 14.7 Å². The van der Waals surface area contributed by atoms with Crippen LogP contribution in [0.15, 0.2) is 30.3 Å². The van der Waals surface area contributed by atoms with Crippen molar-refractivity contribution in [2.24, 2.45) is 0 Å². The van der Waals surface area contributed by atoms with Gasteiger partial charge in [-0.05, 0) is 45.4 Å². The van der Waals surface area contributed by atoms with Crippen molar-refractivity contribution in [2.45, 2.75) is 38.8 Å². The predicted octanol–water partition coefficient (Wildman–Crippen LogP) is 1.98. The van der Waals surface area contributed by atoms with Gasteiger partial charge in [0.25, 0.3) is 0 Å². The molecular formula is C16H22N2O3. The molecule has 0 saturated carbocycles. The number of anilines is 1. The third-order valence-corrected chi connectivity index (χ3v) is 3.81. The van der Waals surface area contributed by atoms with E-state index in [4.69, 9.17) is 0 Å². The van der Waals surface area contributed by atoms with Crippen LogP contribution in [-0.4, -0.2) is 47.1 Å². The first-order valence-electron chi connectivity index (χ1n) is 7.34. The summed E-state index contributed by atoms with van der Waals surface area (Å²) in [5.74, 6) is -0.888. The SMILES string of the molecule is CC(C)N(C(=O)CN1CCCC1C(=O)O)c1ccccc1. The fourth-order valence-electron chi connectivity index (χ4n) is 2.86. The van der Waals surface area contributed by atoms with Gasteiger partial charge in [0.1, 0.15) is 6.04 Å². The number of likely N-dealkylation sites (tertiary alicyclic amines) is 1. The highest BCUT2D eigenvalue weighted by molar-refractivity contribution is 5.95. The number of carboxylic acids is 1. The smallest absolute Gasteiger partial charge is 0.320 e. The standard InChI is InChI=1S/C16H22N2O3/c1-12(2)18(13-7-4-3-5-8-13)15(19)11-17-10-6-9-14(17)16(20)21/h3-5,7-8,12,14H,6,9-11H2,1-2H3,(H,20,21). The van der Waals surface area contributed by atoms with Gasteiger partial charge in [-0.25, -0.2) is 0 Å². The fourth-order valence-corrected chi connectivity index (χ4v) is 2.86. The summed E-state index contributed by atoms with van der Waals surface area (Å²) in [4.78, 5) is 27.3. The van der Waals surface area contributed by atoms with Gasteiger partial charge in [-0.15, -0.1) is 0 Å². The first-order valence-corrected chi connectivity index (χ1v) is 7.34. The zero-order valence-electron chi connectivity index (χ0n) is 12.5. The lowest BCUT2D eigenvalue weighted by Crippen LogP contribution is -2.47. The van der Waals surface area contributed by atoms with Gasteiger partial charge in [-0.2, -0.15) is 0 Å². The summed E-state index contributed by atoms with van der Waals surface area (Å²) < 4.78 is 0. The number of para-hydroxylation sites is 1. The van der Waals surface area contributed by atoms with Crippen molar-refractivity contribution in [2.75, 3.05) is 18.0 Å². The third kappa shape index (κ3) is 3.61. The van der Waals surface area contributed by atoms with Crippen molar-refractivity contribution < 1.29 is 14.7 Å². The van der Waals surface area contributed by atoms with Gasteiger partial charge in [0, 0.05) is 11.7 Å². The van der Waals surface area contributed by atoms with Gasteiger partial charge in [0.05, 0.1) is 6.54 Å². The quantitative estimate of drug-likeness (QED) is 0.900. The maximum Gasteiger partial charge on any atom is 0.320 e.